The quantitative estimate of drug-likeness (QED) is 0.658. The second-order valence-corrected chi connectivity index (χ2v) is 9.78. The summed E-state index contributed by atoms with van der Waals surface area (Å²) in [6.45, 7) is 3.31. The number of rotatable bonds is 4. The molecule has 0 aromatic heterocycles. The number of ether oxygens (including phenoxy) is 1. The fourth-order valence-electron chi connectivity index (χ4n) is 4.62. The molecule has 5 rings (SSSR count). The van der Waals surface area contributed by atoms with Crippen molar-refractivity contribution in [2.45, 2.75) is 34.7 Å². The number of anilines is 2. The van der Waals surface area contributed by atoms with Gasteiger partial charge in [0.05, 0.1) is 11.4 Å². The second kappa shape index (κ2) is 8.04. The molecule has 31 heavy (non-hydrogen) atoms. The number of likely N-dealkylation sites (tertiary alicyclic amines) is 1. The summed E-state index contributed by atoms with van der Waals surface area (Å²) < 4.78 is 5.44. The summed E-state index contributed by atoms with van der Waals surface area (Å²) in [6.07, 6.45) is 1.57. The van der Waals surface area contributed by atoms with Gasteiger partial charge in [-0.1, -0.05) is 35.5 Å². The first kappa shape index (κ1) is 20.7. The highest BCUT2D eigenvalue weighted by Crippen LogP contribution is 2.48. The fraction of sp³-hybridized carbons (Fsp3) is 0.391. The van der Waals surface area contributed by atoms with Crippen LogP contribution in [0, 0.1) is 0 Å². The van der Waals surface area contributed by atoms with Crippen LogP contribution in [0.3, 0.4) is 0 Å². The van der Waals surface area contributed by atoms with E-state index < -0.39 is 11.7 Å². The molecule has 0 saturated carbocycles. The average molecular weight is 458 g/mol. The lowest BCUT2D eigenvalue weighted by Crippen LogP contribution is -2.50. The zero-order valence-corrected chi connectivity index (χ0v) is 18.9. The van der Waals surface area contributed by atoms with Crippen molar-refractivity contribution in [2.24, 2.45) is 0 Å². The van der Waals surface area contributed by atoms with E-state index in [0.717, 1.165) is 48.2 Å². The van der Waals surface area contributed by atoms with Gasteiger partial charge < -0.3 is 14.5 Å². The number of para-hydroxylation sites is 1. The van der Waals surface area contributed by atoms with Gasteiger partial charge in [-0.3, -0.25) is 4.79 Å². The van der Waals surface area contributed by atoms with Gasteiger partial charge in [-0.15, -0.1) is 0 Å². The molecule has 6 nitrogen and oxygen atoms in total. The van der Waals surface area contributed by atoms with Crippen LogP contribution >= 0.6 is 23.4 Å². The predicted molar refractivity (Wildman–Crippen MR) is 121 cm³/mol. The third-order valence-electron chi connectivity index (χ3n) is 6.36. The van der Waals surface area contributed by atoms with E-state index in [1.54, 1.807) is 11.8 Å². The smallest absolute Gasteiger partial charge is 0.417 e. The van der Waals surface area contributed by atoms with Crippen molar-refractivity contribution in [2.75, 3.05) is 38.1 Å². The zero-order chi connectivity index (χ0) is 21.6. The van der Waals surface area contributed by atoms with Gasteiger partial charge >= 0.3 is 6.09 Å². The summed E-state index contributed by atoms with van der Waals surface area (Å²) in [6, 6.07) is 14.5. The summed E-state index contributed by atoms with van der Waals surface area (Å²) in [5.41, 5.74) is 1.42. The molecule has 2 amide bonds. The fourth-order valence-corrected chi connectivity index (χ4v) is 5.86. The lowest BCUT2D eigenvalue weighted by Gasteiger charge is -2.37. The molecule has 0 aliphatic carbocycles. The molecule has 0 bridgehead atoms. The van der Waals surface area contributed by atoms with Gasteiger partial charge in [0.2, 0.25) is 0 Å². The van der Waals surface area contributed by atoms with Crippen LogP contribution in [0.1, 0.15) is 19.3 Å². The summed E-state index contributed by atoms with van der Waals surface area (Å²) in [7, 11) is 1.49. The van der Waals surface area contributed by atoms with Gasteiger partial charge in [0.1, 0.15) is 0 Å². The Kier molecular flexibility index (Phi) is 5.36. The topological polar surface area (TPSA) is 53.1 Å². The van der Waals surface area contributed by atoms with Crippen molar-refractivity contribution in [1.29, 1.82) is 0 Å². The van der Waals surface area contributed by atoms with Crippen LogP contribution in [0.15, 0.2) is 52.3 Å². The van der Waals surface area contributed by atoms with Gasteiger partial charge in [-0.25, -0.2) is 9.69 Å². The molecule has 0 atom stereocenters. The number of nitrogens with zero attached hydrogens (tertiary/aromatic N) is 3. The standard InChI is InChI=1S/C23H24ClN3O3S/c1-25-21(28)23(30-22(25)29)9-13-26(14-10-23)11-4-12-27-17-5-2-3-6-19(17)31-20-8-7-16(24)15-18(20)27/h2-3,5-8,15H,4,9-14H2,1H3. The number of fused-ring (bicyclic) bond motifs is 2. The van der Waals surface area contributed by atoms with Gasteiger partial charge in [0.25, 0.3) is 5.91 Å². The number of amides is 2. The largest absolute Gasteiger partial charge is 0.432 e. The molecule has 0 N–H and O–H groups in total. The molecular weight excluding hydrogens is 434 g/mol. The summed E-state index contributed by atoms with van der Waals surface area (Å²) in [5.74, 6) is -0.201. The first-order valence-electron chi connectivity index (χ1n) is 10.5. The third kappa shape index (κ3) is 3.69. The molecular formula is C23H24ClN3O3S. The predicted octanol–water partition coefficient (Wildman–Crippen LogP) is 4.78. The SMILES string of the molecule is CN1C(=O)OC2(CCN(CCCN3c4ccccc4Sc4ccc(Cl)cc43)CC2)C1=O. The Morgan fingerprint density at radius 2 is 1.77 bits per heavy atom. The number of imide groups is 1. The van der Waals surface area contributed by atoms with Gasteiger partial charge in [-0.2, -0.15) is 0 Å². The number of benzene rings is 2. The summed E-state index contributed by atoms with van der Waals surface area (Å²) >= 11 is 8.09. The van der Waals surface area contributed by atoms with Crippen LogP contribution in [-0.2, 0) is 9.53 Å². The molecule has 2 aromatic carbocycles. The van der Waals surface area contributed by atoms with Crippen molar-refractivity contribution in [3.8, 4) is 0 Å². The van der Waals surface area contributed by atoms with E-state index in [2.05, 4.69) is 40.1 Å². The Morgan fingerprint density at radius 3 is 2.52 bits per heavy atom. The molecule has 162 valence electrons. The molecule has 3 heterocycles. The maximum Gasteiger partial charge on any atom is 0.417 e. The molecule has 2 aromatic rings. The van der Waals surface area contributed by atoms with E-state index in [4.69, 9.17) is 16.3 Å². The monoisotopic (exact) mass is 457 g/mol. The van der Waals surface area contributed by atoms with Crippen molar-refractivity contribution in [1.82, 2.24) is 9.80 Å². The first-order valence-corrected chi connectivity index (χ1v) is 11.7. The van der Waals surface area contributed by atoms with Crippen molar-refractivity contribution in [3.05, 3.63) is 47.5 Å². The minimum absolute atomic E-state index is 0.201. The van der Waals surface area contributed by atoms with Crippen LogP contribution in [0.4, 0.5) is 16.2 Å². The van der Waals surface area contributed by atoms with E-state index in [0.29, 0.717) is 12.8 Å². The lowest BCUT2D eigenvalue weighted by atomic mass is 9.90. The van der Waals surface area contributed by atoms with E-state index in [9.17, 15) is 9.59 Å². The second-order valence-electron chi connectivity index (χ2n) is 8.26. The Morgan fingerprint density at radius 1 is 1.03 bits per heavy atom. The first-order chi connectivity index (χ1) is 15.0. The van der Waals surface area contributed by atoms with E-state index in [-0.39, 0.29) is 5.91 Å². The highest BCUT2D eigenvalue weighted by atomic mass is 35.5. The Balaban J connectivity index is 1.23. The third-order valence-corrected chi connectivity index (χ3v) is 7.72. The van der Waals surface area contributed by atoms with Gasteiger partial charge in [-0.05, 0) is 43.3 Å². The molecule has 3 aliphatic heterocycles. The number of likely N-dealkylation sites (N-methyl/N-ethyl adjacent to an activating group) is 1. The van der Waals surface area contributed by atoms with Crippen LogP contribution in [0.2, 0.25) is 5.02 Å². The highest BCUT2D eigenvalue weighted by Gasteiger charge is 2.53. The Bertz CT molecular complexity index is 1040. The minimum Gasteiger partial charge on any atom is -0.432 e. The number of piperidine rings is 1. The van der Waals surface area contributed by atoms with Crippen molar-refractivity contribution < 1.29 is 14.3 Å². The van der Waals surface area contributed by atoms with Crippen LogP contribution < -0.4 is 4.90 Å². The molecule has 1 spiro atoms. The van der Waals surface area contributed by atoms with Gasteiger partial charge in [0.15, 0.2) is 5.60 Å². The van der Waals surface area contributed by atoms with E-state index in [1.807, 2.05) is 12.1 Å². The number of carbonyl (C=O) groups excluding carboxylic acids is 2. The normalized spacial score (nSPS) is 20.1. The molecule has 8 heteroatoms. The number of carbonyl (C=O) groups is 2. The Hall–Kier alpha value is -2.22. The number of hydrogen-bond donors (Lipinski definition) is 0. The Labute approximate surface area is 191 Å². The van der Waals surface area contributed by atoms with Crippen molar-refractivity contribution >= 4 is 46.7 Å². The molecule has 0 radical (unpaired) electrons. The molecule has 0 unspecified atom stereocenters. The van der Waals surface area contributed by atoms with E-state index in [1.165, 1.54) is 22.5 Å². The molecule has 3 aliphatic rings. The van der Waals surface area contributed by atoms with Crippen molar-refractivity contribution in [3.63, 3.8) is 0 Å². The summed E-state index contributed by atoms with van der Waals surface area (Å²) in [5, 5.41) is 0.741. The maximum absolute atomic E-state index is 12.4. The zero-order valence-electron chi connectivity index (χ0n) is 17.3. The molecule has 2 saturated heterocycles. The van der Waals surface area contributed by atoms with E-state index >= 15 is 0 Å². The van der Waals surface area contributed by atoms with Crippen LogP contribution in [0.25, 0.3) is 0 Å². The van der Waals surface area contributed by atoms with Crippen LogP contribution in [-0.4, -0.2) is 60.6 Å². The minimum atomic E-state index is -0.943. The lowest BCUT2D eigenvalue weighted by molar-refractivity contribution is -0.139. The number of halogens is 1. The van der Waals surface area contributed by atoms with Crippen LogP contribution in [0.5, 0.6) is 0 Å². The maximum atomic E-state index is 12.4. The average Bonchev–Trinajstić information content (AvgIpc) is 2.98. The molecule has 2 fully saturated rings. The van der Waals surface area contributed by atoms with Gasteiger partial charge in [0, 0.05) is 54.3 Å². The summed E-state index contributed by atoms with van der Waals surface area (Å²) in [4.78, 5) is 32.5. The highest BCUT2D eigenvalue weighted by molar-refractivity contribution is 7.99. The number of hydrogen-bond acceptors (Lipinski definition) is 6.